The Morgan fingerprint density at radius 1 is 1.13 bits per heavy atom. The number of halogens is 1. The molecular weight excluding hydrogens is 433 g/mol. The molecule has 1 rings (SSSR count). The number of hydrogen-bond donors (Lipinski definition) is 2. The number of carbonyl (C=O) groups is 3. The number of ether oxygens (including phenoxy) is 2. The van der Waals surface area contributed by atoms with E-state index >= 15 is 0 Å². The Bertz CT molecular complexity index is 828. The molecule has 0 bridgehead atoms. The maximum absolute atomic E-state index is 12.0. The summed E-state index contributed by atoms with van der Waals surface area (Å²) in [6.07, 6.45) is 0.520. The van der Waals surface area contributed by atoms with Crippen LogP contribution in [0.5, 0.6) is 0 Å². The molecule has 2 unspecified atom stereocenters. The van der Waals surface area contributed by atoms with Gasteiger partial charge in [-0.3, -0.25) is 18.8 Å². The molecule has 0 radical (unpaired) electrons. The summed E-state index contributed by atoms with van der Waals surface area (Å²) in [7, 11) is -3.07. The van der Waals surface area contributed by atoms with Crippen LogP contribution in [0, 0.1) is 0 Å². The third kappa shape index (κ3) is 11.0. The molecular formula is C20H32FNO8S. The largest absolute Gasteiger partial charge is 0.452 e. The number of rotatable bonds is 12. The highest BCUT2D eigenvalue weighted by Crippen LogP contribution is 2.21. The smallest absolute Gasteiger partial charge is 0.335 e. The van der Waals surface area contributed by atoms with Crippen molar-refractivity contribution >= 4 is 33.5 Å². The van der Waals surface area contributed by atoms with Crippen molar-refractivity contribution in [3.05, 3.63) is 24.3 Å². The number of carbonyl (C=O) groups excluding carboxylic acids is 3. The lowest BCUT2D eigenvalue weighted by molar-refractivity contribution is -0.163. The van der Waals surface area contributed by atoms with Crippen molar-refractivity contribution in [3.8, 4) is 0 Å². The molecule has 0 aliphatic carbocycles. The van der Waals surface area contributed by atoms with E-state index in [1.54, 1.807) is 0 Å². The molecule has 0 saturated heterocycles. The maximum Gasteiger partial charge on any atom is 0.335 e. The highest BCUT2D eigenvalue weighted by Gasteiger charge is 2.22. The first-order valence-corrected chi connectivity index (χ1v) is 10.6. The summed E-state index contributed by atoms with van der Waals surface area (Å²) in [4.78, 5) is 35.0. The van der Waals surface area contributed by atoms with E-state index in [1.807, 2.05) is 0 Å². The van der Waals surface area contributed by atoms with Gasteiger partial charge in [0, 0.05) is 13.5 Å². The minimum Gasteiger partial charge on any atom is -0.452 e. The van der Waals surface area contributed by atoms with Crippen molar-refractivity contribution in [2.45, 2.75) is 70.5 Å². The van der Waals surface area contributed by atoms with E-state index in [1.165, 1.54) is 45.2 Å². The highest BCUT2D eigenvalue weighted by molar-refractivity contribution is 7.86. The van der Waals surface area contributed by atoms with Crippen LogP contribution < -0.4 is 5.32 Å². The number of anilines is 1. The van der Waals surface area contributed by atoms with Crippen molar-refractivity contribution < 1.29 is 41.5 Å². The number of hydrogen-bond acceptors (Lipinski definition) is 7. The van der Waals surface area contributed by atoms with E-state index in [0.29, 0.717) is 25.7 Å². The van der Waals surface area contributed by atoms with E-state index in [0.717, 1.165) is 0 Å². The molecule has 9 nitrogen and oxygen atoms in total. The number of methoxy groups -OCH3 is 1. The number of nitrogens with one attached hydrogen (secondary N) is 1. The van der Waals surface area contributed by atoms with E-state index in [9.17, 15) is 27.4 Å². The van der Waals surface area contributed by atoms with Gasteiger partial charge >= 0.3 is 5.97 Å². The second-order valence-corrected chi connectivity index (χ2v) is 7.92. The predicted octanol–water partition coefficient (Wildman–Crippen LogP) is 3.15. The molecule has 178 valence electrons. The second kappa shape index (κ2) is 14.6. The third-order valence-corrected chi connectivity index (χ3v) is 5.12. The third-order valence-electron chi connectivity index (χ3n) is 4.21. The topological polar surface area (TPSA) is 136 Å². The van der Waals surface area contributed by atoms with Crippen LogP contribution in [0.25, 0.3) is 0 Å². The van der Waals surface area contributed by atoms with Crippen LogP contribution in [0.1, 0.15) is 53.4 Å². The van der Waals surface area contributed by atoms with E-state index < -0.39 is 34.2 Å². The Morgan fingerprint density at radius 2 is 1.74 bits per heavy atom. The summed E-state index contributed by atoms with van der Waals surface area (Å²) >= 11 is 0. The fraction of sp³-hybridized carbons (Fsp3) is 0.550. The number of amides is 1. The number of unbranched alkanes of at least 4 members (excludes halogenated alkanes) is 2. The SMILES string of the molecule is C.COC(C)C(=O)OC(CCCCCC(=O)Nc1ccccc1S(=O)(=O)O)C(C)=O.F. The van der Waals surface area contributed by atoms with Gasteiger partial charge < -0.3 is 14.8 Å². The molecule has 0 fully saturated rings. The summed E-state index contributed by atoms with van der Waals surface area (Å²) in [6, 6.07) is 5.55. The van der Waals surface area contributed by atoms with Crippen LogP contribution in [0.2, 0.25) is 0 Å². The summed E-state index contributed by atoms with van der Waals surface area (Å²) in [5, 5.41) is 2.46. The lowest BCUT2D eigenvalue weighted by atomic mass is 10.1. The van der Waals surface area contributed by atoms with Gasteiger partial charge in [-0.2, -0.15) is 8.42 Å². The van der Waals surface area contributed by atoms with Crippen LogP contribution >= 0.6 is 0 Å². The van der Waals surface area contributed by atoms with Crippen LogP contribution in [-0.4, -0.2) is 49.9 Å². The van der Waals surface area contributed by atoms with Gasteiger partial charge in [0.1, 0.15) is 4.90 Å². The number of para-hydroxylation sites is 1. The molecule has 11 heteroatoms. The first kappa shape index (κ1) is 30.8. The average molecular weight is 466 g/mol. The quantitative estimate of drug-likeness (QED) is 0.273. The van der Waals surface area contributed by atoms with Gasteiger partial charge in [0.05, 0.1) is 5.69 Å². The number of esters is 1. The summed E-state index contributed by atoms with van der Waals surface area (Å²) < 4.78 is 41.8. The number of Topliss-reactive ketones (excluding diaryl/α,β-unsaturated/α-hetero) is 1. The Balaban J connectivity index is 0. The van der Waals surface area contributed by atoms with Gasteiger partial charge in [0.15, 0.2) is 18.0 Å². The van der Waals surface area contributed by atoms with Crippen LogP contribution in [-0.2, 0) is 34.0 Å². The van der Waals surface area contributed by atoms with Crippen LogP contribution in [0.15, 0.2) is 29.2 Å². The van der Waals surface area contributed by atoms with E-state index in [-0.39, 0.29) is 34.9 Å². The zero-order chi connectivity index (χ0) is 22.0. The lowest BCUT2D eigenvalue weighted by Crippen LogP contribution is -2.31. The number of ketones is 1. The average Bonchev–Trinajstić information content (AvgIpc) is 2.65. The van der Waals surface area contributed by atoms with Gasteiger partial charge in [-0.15, -0.1) is 0 Å². The van der Waals surface area contributed by atoms with Crippen molar-refractivity contribution in [2.24, 2.45) is 0 Å². The molecule has 0 aliphatic rings. The predicted molar refractivity (Wildman–Crippen MR) is 114 cm³/mol. The molecule has 0 aliphatic heterocycles. The Labute approximate surface area is 182 Å². The molecule has 2 N–H and O–H groups in total. The molecule has 0 aromatic heterocycles. The molecule has 1 amide bonds. The van der Waals surface area contributed by atoms with Crippen molar-refractivity contribution in [1.29, 1.82) is 0 Å². The summed E-state index contributed by atoms with van der Waals surface area (Å²) in [6.45, 7) is 2.87. The zero-order valence-electron chi connectivity index (χ0n) is 17.1. The number of benzene rings is 1. The van der Waals surface area contributed by atoms with Gasteiger partial charge in [0.2, 0.25) is 5.91 Å². The monoisotopic (exact) mass is 465 g/mol. The van der Waals surface area contributed by atoms with Crippen molar-refractivity contribution in [1.82, 2.24) is 0 Å². The molecule has 0 spiro atoms. The fourth-order valence-electron chi connectivity index (χ4n) is 2.48. The zero-order valence-corrected chi connectivity index (χ0v) is 17.9. The molecule has 31 heavy (non-hydrogen) atoms. The molecule has 2 atom stereocenters. The summed E-state index contributed by atoms with van der Waals surface area (Å²) in [5.74, 6) is -1.27. The Hall–Kier alpha value is -2.37. The van der Waals surface area contributed by atoms with Crippen molar-refractivity contribution in [3.63, 3.8) is 0 Å². The second-order valence-electron chi connectivity index (χ2n) is 6.53. The first-order valence-electron chi connectivity index (χ1n) is 9.16. The lowest BCUT2D eigenvalue weighted by Gasteiger charge is -2.17. The first-order chi connectivity index (χ1) is 13.6. The standard InChI is InChI=1S/C19H27NO8S.CH4.FH/c1-13(21)16(28-19(23)14(2)27-3)10-5-4-6-12-18(22)20-15-9-7-8-11-17(15)29(24,25)26;;/h7-9,11,14,16H,4-6,10,12H2,1-3H3,(H,20,22)(H,24,25,26);1H4;1H. The van der Waals surface area contributed by atoms with Gasteiger partial charge in [-0.05, 0) is 45.2 Å². The highest BCUT2D eigenvalue weighted by atomic mass is 32.2. The molecule has 0 heterocycles. The van der Waals surface area contributed by atoms with E-state index in [2.05, 4.69) is 5.32 Å². The normalized spacial score (nSPS) is 12.5. The van der Waals surface area contributed by atoms with Crippen LogP contribution in [0.4, 0.5) is 10.4 Å². The molecule has 1 aromatic rings. The minimum atomic E-state index is -4.44. The maximum atomic E-state index is 12.0. The fourth-order valence-corrected chi connectivity index (χ4v) is 3.12. The van der Waals surface area contributed by atoms with Crippen LogP contribution in [0.3, 0.4) is 0 Å². The minimum absolute atomic E-state index is 0. The van der Waals surface area contributed by atoms with Crippen molar-refractivity contribution in [2.75, 3.05) is 12.4 Å². The van der Waals surface area contributed by atoms with E-state index in [4.69, 9.17) is 9.47 Å². The van der Waals surface area contributed by atoms with Gasteiger partial charge in [-0.25, -0.2) is 4.79 Å². The molecule has 1 aromatic carbocycles. The summed E-state index contributed by atoms with van der Waals surface area (Å²) in [5.41, 5.74) is 0.0100. The van der Waals surface area contributed by atoms with Gasteiger partial charge in [0.25, 0.3) is 10.1 Å². The Kier molecular flexibility index (Phi) is 14.5. The van der Waals surface area contributed by atoms with Gasteiger partial charge in [-0.1, -0.05) is 26.0 Å². The Morgan fingerprint density at radius 3 is 2.29 bits per heavy atom. The molecule has 0 saturated carbocycles.